The van der Waals surface area contributed by atoms with Crippen LogP contribution in [0.5, 0.6) is 0 Å². The highest BCUT2D eigenvalue weighted by Crippen LogP contribution is 2.10. The Labute approximate surface area is 168 Å². The van der Waals surface area contributed by atoms with Gasteiger partial charge in [-0.3, -0.25) is 0 Å². The molecule has 0 heterocycles. The second-order valence-electron chi connectivity index (χ2n) is 6.58. The van der Waals surface area contributed by atoms with Crippen molar-refractivity contribution in [3.05, 3.63) is 60.4 Å². The Balaban J connectivity index is 2.21. The van der Waals surface area contributed by atoms with Crippen LogP contribution < -0.4 is 0 Å². The van der Waals surface area contributed by atoms with Crippen molar-refractivity contribution < 1.29 is 19.1 Å². The molecule has 0 N–H and O–H groups in total. The summed E-state index contributed by atoms with van der Waals surface area (Å²) >= 11 is 0. The monoisotopic (exact) mass is 384 g/mol. The fourth-order valence-corrected chi connectivity index (χ4v) is 2.63. The lowest BCUT2D eigenvalue weighted by Crippen LogP contribution is -2.02. The minimum absolute atomic E-state index is 0.320. The Morgan fingerprint density at radius 2 is 1.32 bits per heavy atom. The van der Waals surface area contributed by atoms with Gasteiger partial charge in [-0.1, -0.05) is 82.7 Å². The zero-order chi connectivity index (χ0) is 20.5. The van der Waals surface area contributed by atoms with E-state index < -0.39 is 5.97 Å². The van der Waals surface area contributed by atoms with Crippen LogP contribution in [-0.2, 0) is 19.1 Å². The first-order valence-electron chi connectivity index (χ1n) is 10.1. The molecule has 0 aliphatic heterocycles. The molecule has 0 aliphatic carbocycles. The molecule has 0 radical (unpaired) electrons. The van der Waals surface area contributed by atoms with Gasteiger partial charge in [-0.2, -0.15) is 0 Å². The van der Waals surface area contributed by atoms with Gasteiger partial charge in [-0.25, -0.2) is 9.59 Å². The highest BCUT2D eigenvalue weighted by Gasteiger charge is 1.98. The van der Waals surface area contributed by atoms with Crippen molar-refractivity contribution in [2.45, 2.75) is 58.3 Å². The molecule has 0 unspecified atom stereocenters. The molecule has 0 fully saturated rings. The van der Waals surface area contributed by atoms with Crippen molar-refractivity contribution in [1.29, 1.82) is 0 Å². The van der Waals surface area contributed by atoms with Gasteiger partial charge in [0.1, 0.15) is 0 Å². The van der Waals surface area contributed by atoms with Gasteiger partial charge in [0.15, 0.2) is 0 Å². The molecule has 1 aromatic carbocycles. The highest BCUT2D eigenvalue weighted by molar-refractivity contribution is 5.88. The SMILES string of the molecule is C=COC(=O)/C=C/c1ccc(/C=C/C(=O)OCCCCCCCCCC)cc1. The van der Waals surface area contributed by atoms with Gasteiger partial charge in [0.25, 0.3) is 0 Å². The number of rotatable bonds is 14. The van der Waals surface area contributed by atoms with Crippen molar-refractivity contribution in [1.82, 2.24) is 0 Å². The summed E-state index contributed by atoms with van der Waals surface area (Å²) in [5.41, 5.74) is 1.74. The largest absolute Gasteiger partial charge is 0.463 e. The van der Waals surface area contributed by atoms with E-state index in [0.29, 0.717) is 6.61 Å². The summed E-state index contributed by atoms with van der Waals surface area (Å²) in [6.07, 6.45) is 17.0. The molecule has 152 valence electrons. The third-order valence-corrected chi connectivity index (χ3v) is 4.20. The van der Waals surface area contributed by atoms with Gasteiger partial charge < -0.3 is 9.47 Å². The molecule has 0 aromatic heterocycles. The smallest absolute Gasteiger partial charge is 0.335 e. The Morgan fingerprint density at radius 3 is 1.86 bits per heavy atom. The maximum atomic E-state index is 11.7. The summed E-state index contributed by atoms with van der Waals surface area (Å²) in [7, 11) is 0. The van der Waals surface area contributed by atoms with Crippen molar-refractivity contribution in [3.63, 3.8) is 0 Å². The maximum absolute atomic E-state index is 11.7. The molecule has 0 atom stereocenters. The molecule has 0 aliphatic rings. The molecule has 0 saturated carbocycles. The van der Waals surface area contributed by atoms with Gasteiger partial charge in [0, 0.05) is 12.2 Å². The fourth-order valence-electron chi connectivity index (χ4n) is 2.63. The van der Waals surface area contributed by atoms with E-state index in [1.165, 1.54) is 50.7 Å². The lowest BCUT2D eigenvalue weighted by Gasteiger charge is -2.03. The van der Waals surface area contributed by atoms with Crippen LogP contribution in [-0.4, -0.2) is 18.5 Å². The Hall–Kier alpha value is -2.62. The van der Waals surface area contributed by atoms with Crippen LogP contribution in [0, 0.1) is 0 Å². The van der Waals surface area contributed by atoms with Crippen LogP contribution in [0.1, 0.15) is 69.4 Å². The van der Waals surface area contributed by atoms with Crippen LogP contribution in [0.15, 0.2) is 49.3 Å². The van der Waals surface area contributed by atoms with Gasteiger partial charge in [-0.15, -0.1) is 0 Å². The average Bonchev–Trinajstić information content (AvgIpc) is 2.70. The van der Waals surface area contributed by atoms with E-state index in [0.717, 1.165) is 30.2 Å². The first kappa shape index (κ1) is 23.4. The molecule has 1 aromatic rings. The van der Waals surface area contributed by atoms with Gasteiger partial charge in [0.05, 0.1) is 12.9 Å². The lowest BCUT2D eigenvalue weighted by atomic mass is 10.1. The molecular formula is C24H32O4. The number of benzene rings is 1. The summed E-state index contributed by atoms with van der Waals surface area (Å²) in [5.74, 6) is -0.794. The van der Waals surface area contributed by atoms with Crippen LogP contribution >= 0.6 is 0 Å². The van der Waals surface area contributed by atoms with Crippen molar-refractivity contribution >= 4 is 24.1 Å². The Bertz CT molecular complexity index is 641. The molecule has 4 nitrogen and oxygen atoms in total. The number of ether oxygens (including phenoxy) is 2. The third kappa shape index (κ3) is 11.9. The summed E-state index contributed by atoms with van der Waals surface area (Å²) in [4.78, 5) is 23.0. The van der Waals surface area contributed by atoms with Gasteiger partial charge >= 0.3 is 11.9 Å². The average molecular weight is 385 g/mol. The summed E-state index contributed by atoms with van der Waals surface area (Å²) < 4.78 is 9.83. The zero-order valence-corrected chi connectivity index (χ0v) is 16.9. The summed E-state index contributed by atoms with van der Waals surface area (Å²) in [6.45, 7) is 6.02. The number of carbonyl (C=O) groups is 2. The van der Waals surface area contributed by atoms with E-state index in [1.54, 1.807) is 12.2 Å². The number of unbranched alkanes of at least 4 members (excludes halogenated alkanes) is 7. The fraction of sp³-hybridized carbons (Fsp3) is 0.417. The Kier molecular flexibility index (Phi) is 12.9. The van der Waals surface area contributed by atoms with Crippen LogP contribution in [0.3, 0.4) is 0 Å². The van der Waals surface area contributed by atoms with E-state index in [1.807, 2.05) is 24.3 Å². The lowest BCUT2D eigenvalue weighted by molar-refractivity contribution is -0.137. The first-order chi connectivity index (χ1) is 13.7. The highest BCUT2D eigenvalue weighted by atomic mass is 16.5. The predicted molar refractivity (Wildman–Crippen MR) is 114 cm³/mol. The quantitative estimate of drug-likeness (QED) is 0.169. The molecule has 0 spiro atoms. The van der Waals surface area contributed by atoms with Crippen molar-refractivity contribution in [3.8, 4) is 0 Å². The molecule has 28 heavy (non-hydrogen) atoms. The standard InChI is InChI=1S/C24H32O4/c1-3-5-6-7-8-9-10-11-20-28-24(26)19-17-22-14-12-21(13-15-22)16-18-23(25)27-4-2/h4,12-19H,2-3,5-11,20H2,1H3/b18-16+,19-17+. The van der Waals surface area contributed by atoms with Crippen LogP contribution in [0.25, 0.3) is 12.2 Å². The summed E-state index contributed by atoms with van der Waals surface area (Å²) in [6, 6.07) is 7.42. The third-order valence-electron chi connectivity index (χ3n) is 4.20. The van der Waals surface area contributed by atoms with E-state index in [2.05, 4.69) is 18.2 Å². The number of esters is 2. The Morgan fingerprint density at radius 1 is 0.821 bits per heavy atom. The molecular weight excluding hydrogens is 352 g/mol. The second kappa shape index (κ2) is 15.4. The van der Waals surface area contributed by atoms with Crippen LogP contribution in [0.4, 0.5) is 0 Å². The van der Waals surface area contributed by atoms with Gasteiger partial charge in [0.2, 0.25) is 0 Å². The van der Waals surface area contributed by atoms with E-state index in [-0.39, 0.29) is 5.97 Å². The van der Waals surface area contributed by atoms with Gasteiger partial charge in [-0.05, 0) is 29.7 Å². The molecule has 0 bridgehead atoms. The minimum Gasteiger partial charge on any atom is -0.463 e. The maximum Gasteiger partial charge on any atom is 0.335 e. The predicted octanol–water partition coefficient (Wildman–Crippen LogP) is 6.08. The minimum atomic E-state index is -0.474. The first-order valence-corrected chi connectivity index (χ1v) is 10.1. The second-order valence-corrected chi connectivity index (χ2v) is 6.58. The van der Waals surface area contributed by atoms with E-state index in [4.69, 9.17) is 4.74 Å². The van der Waals surface area contributed by atoms with Crippen LogP contribution in [0.2, 0.25) is 0 Å². The van der Waals surface area contributed by atoms with E-state index in [9.17, 15) is 9.59 Å². The topological polar surface area (TPSA) is 52.6 Å². The number of hydrogen-bond donors (Lipinski definition) is 0. The molecule has 0 saturated heterocycles. The van der Waals surface area contributed by atoms with Crippen molar-refractivity contribution in [2.75, 3.05) is 6.61 Å². The summed E-state index contributed by atoms with van der Waals surface area (Å²) in [5, 5.41) is 0. The normalized spacial score (nSPS) is 11.0. The van der Waals surface area contributed by atoms with Crippen molar-refractivity contribution in [2.24, 2.45) is 0 Å². The van der Waals surface area contributed by atoms with E-state index >= 15 is 0 Å². The number of hydrogen-bond acceptors (Lipinski definition) is 4. The number of carbonyl (C=O) groups excluding carboxylic acids is 2. The molecule has 0 amide bonds. The molecule has 4 heteroatoms. The zero-order valence-electron chi connectivity index (χ0n) is 16.9. The molecule has 1 rings (SSSR count).